The summed E-state index contributed by atoms with van der Waals surface area (Å²) >= 11 is 0. The molecule has 174 valence electrons. The number of rotatable bonds is 13. The van der Waals surface area contributed by atoms with Gasteiger partial charge in [0.25, 0.3) is 0 Å². The van der Waals surface area contributed by atoms with E-state index in [9.17, 15) is 19.4 Å². The zero-order valence-corrected chi connectivity index (χ0v) is 19.9. The van der Waals surface area contributed by atoms with Crippen molar-refractivity contribution in [3.63, 3.8) is 0 Å². The average molecular weight is 493 g/mol. The van der Waals surface area contributed by atoms with Crippen LogP contribution in [0.15, 0.2) is 40.6 Å². The molecule has 0 aromatic carbocycles. The van der Waals surface area contributed by atoms with Crippen molar-refractivity contribution in [1.29, 1.82) is 0 Å². The summed E-state index contributed by atoms with van der Waals surface area (Å²) in [7, 11) is -4.30. The van der Waals surface area contributed by atoms with E-state index >= 15 is 0 Å². The molecule has 0 spiro atoms. The quantitative estimate of drug-likeness (QED) is 0.118. The number of unbranched alkanes of at least 4 members (excludes halogenated alkanes) is 4. The summed E-state index contributed by atoms with van der Waals surface area (Å²) < 4.78 is 22.6. The van der Waals surface area contributed by atoms with Gasteiger partial charge in [-0.25, -0.2) is 0 Å². The first-order valence-electron chi connectivity index (χ1n) is 10.6. The van der Waals surface area contributed by atoms with E-state index in [1.807, 2.05) is 6.08 Å². The smallest absolute Gasteiger partial charge is 0.550 e. The summed E-state index contributed by atoms with van der Waals surface area (Å²) in [5.41, 5.74) is 0.689. The molecule has 1 aliphatic carbocycles. The molecule has 0 saturated carbocycles. The molecular weight excluding hydrogens is 461 g/mol. The number of aliphatic hydroxyl groups excluding tert-OH is 1. The molecule has 1 heterocycles. The summed E-state index contributed by atoms with van der Waals surface area (Å²) in [4.78, 5) is 25.9. The number of esters is 1. The van der Waals surface area contributed by atoms with E-state index in [4.69, 9.17) is 9.26 Å². The van der Waals surface area contributed by atoms with Gasteiger partial charge in [-0.05, 0) is 25.0 Å². The fraction of sp³-hybridized carbons (Fsp3) is 0.545. The molecule has 2 rings (SSSR count). The van der Waals surface area contributed by atoms with Gasteiger partial charge in [0.2, 0.25) is 0 Å². The minimum absolute atomic E-state index is 0. The van der Waals surface area contributed by atoms with Crippen LogP contribution >= 0.6 is 7.60 Å². The predicted octanol–water partition coefficient (Wildman–Crippen LogP) is 5.36. The topological polar surface area (TPSA) is 105 Å². The van der Waals surface area contributed by atoms with Crippen LogP contribution in [0.4, 0.5) is 0 Å². The largest absolute Gasteiger partial charge is 2.00 e. The number of hydrogen-bond acceptors (Lipinski definition) is 6. The SMILES string of the molecule is CCCCCCCC(=O)OC1=CCC([CH-]OP(=O)(O)[C-](O)CC2=CCCN=C2)C=C1.[Fe+2]. The predicted molar refractivity (Wildman–Crippen MR) is 116 cm³/mol. The number of carbonyl (C=O) groups is 1. The Bertz CT molecular complexity index is 734. The van der Waals surface area contributed by atoms with Gasteiger partial charge in [0.15, 0.2) is 7.60 Å². The van der Waals surface area contributed by atoms with Crippen molar-refractivity contribution in [2.45, 2.75) is 64.7 Å². The van der Waals surface area contributed by atoms with Gasteiger partial charge >= 0.3 is 23.0 Å². The maximum atomic E-state index is 12.2. The molecule has 2 atom stereocenters. The minimum Gasteiger partial charge on any atom is -0.550 e. The maximum Gasteiger partial charge on any atom is 2.00 e. The summed E-state index contributed by atoms with van der Waals surface area (Å²) in [6, 6.07) is 0. The van der Waals surface area contributed by atoms with Crippen LogP contribution in [-0.2, 0) is 35.7 Å². The van der Waals surface area contributed by atoms with Gasteiger partial charge in [-0.1, -0.05) is 56.5 Å². The minimum atomic E-state index is -4.30. The molecule has 0 bridgehead atoms. The molecule has 1 aliphatic heterocycles. The first kappa shape index (κ1) is 28.0. The molecule has 0 aromatic rings. The van der Waals surface area contributed by atoms with Gasteiger partial charge in [0.1, 0.15) is 5.76 Å². The van der Waals surface area contributed by atoms with E-state index < -0.39 is 13.4 Å². The zero-order valence-electron chi connectivity index (χ0n) is 17.9. The molecule has 2 aliphatic rings. The van der Waals surface area contributed by atoms with Gasteiger partial charge in [0.05, 0.1) is 0 Å². The second kappa shape index (κ2) is 14.9. The van der Waals surface area contributed by atoms with Gasteiger partial charge in [-0.2, -0.15) is 6.61 Å². The molecule has 0 aromatic heterocycles. The normalized spacial score (nSPS) is 19.9. The van der Waals surface area contributed by atoms with Crippen LogP contribution in [0.3, 0.4) is 0 Å². The van der Waals surface area contributed by atoms with Crippen molar-refractivity contribution in [1.82, 2.24) is 0 Å². The Balaban J connectivity index is 0.00000480. The average Bonchev–Trinajstić information content (AvgIpc) is 2.74. The van der Waals surface area contributed by atoms with Crippen LogP contribution in [0.5, 0.6) is 0 Å². The zero-order chi connectivity index (χ0) is 21.8. The molecule has 2 N–H and O–H groups in total. The molecule has 0 fully saturated rings. The standard InChI is InChI=1S/C22H32NO6P.Fe/c1-2-3-4-5-6-9-21(24)29-20-12-10-18(11-13-20)17-28-30(26,27)22(25)15-19-8-7-14-23-16-19;/h8,10,12-13,16-18,25H,2-7,9,11,14-15H2,1H3,(H,26,27);/q-2;+2. The van der Waals surface area contributed by atoms with E-state index in [0.29, 0.717) is 30.7 Å². The molecule has 9 heteroatoms. The number of carbonyl (C=O) groups excluding carboxylic acids is 1. The number of dihydropyridines is 1. The number of aliphatic hydroxyl groups is 1. The first-order valence-corrected chi connectivity index (χ1v) is 12.2. The third-order valence-electron chi connectivity index (χ3n) is 4.80. The van der Waals surface area contributed by atoms with Gasteiger partial charge < -0.3 is 19.3 Å². The number of nitrogens with zero attached hydrogens (tertiary/aromatic N) is 1. The second-order valence-corrected chi connectivity index (χ2v) is 9.23. The van der Waals surface area contributed by atoms with Crippen molar-refractivity contribution < 1.29 is 45.7 Å². The van der Waals surface area contributed by atoms with E-state index in [0.717, 1.165) is 25.7 Å². The van der Waals surface area contributed by atoms with Crippen molar-refractivity contribution in [3.05, 3.63) is 48.1 Å². The Kier molecular flexibility index (Phi) is 13.5. The Morgan fingerprint density at radius 3 is 2.74 bits per heavy atom. The number of hydrogen-bond donors (Lipinski definition) is 2. The van der Waals surface area contributed by atoms with Gasteiger partial charge in [0, 0.05) is 19.2 Å². The van der Waals surface area contributed by atoms with E-state index in [1.165, 1.54) is 19.4 Å². The van der Waals surface area contributed by atoms with E-state index in [2.05, 4.69) is 11.9 Å². The fourth-order valence-electron chi connectivity index (χ4n) is 3.03. The van der Waals surface area contributed by atoms with Gasteiger partial charge in [-0.3, -0.25) is 14.4 Å². The van der Waals surface area contributed by atoms with Crippen LogP contribution in [0, 0.1) is 18.4 Å². The third kappa shape index (κ3) is 10.9. The summed E-state index contributed by atoms with van der Waals surface area (Å²) in [5.74, 6) is -0.642. The molecule has 0 saturated heterocycles. The number of ether oxygens (including phenoxy) is 1. The van der Waals surface area contributed by atoms with Crippen LogP contribution in [-0.4, -0.2) is 28.7 Å². The Hall–Kier alpha value is -1.01. The maximum absolute atomic E-state index is 12.2. The Morgan fingerprint density at radius 1 is 1.32 bits per heavy atom. The molecule has 0 amide bonds. The third-order valence-corrected chi connectivity index (χ3v) is 6.02. The summed E-state index contributed by atoms with van der Waals surface area (Å²) in [5, 5.41) is 9.99. The van der Waals surface area contributed by atoms with Crippen LogP contribution < -0.4 is 0 Å². The summed E-state index contributed by atoms with van der Waals surface area (Å²) in [6.45, 7) is 4.07. The second-order valence-electron chi connectivity index (χ2n) is 7.46. The van der Waals surface area contributed by atoms with Crippen LogP contribution in [0.1, 0.15) is 64.7 Å². The number of allylic oxidation sites excluding steroid dienone is 2. The van der Waals surface area contributed by atoms with Crippen molar-refractivity contribution in [2.75, 3.05) is 6.54 Å². The van der Waals surface area contributed by atoms with Crippen molar-refractivity contribution in [3.8, 4) is 0 Å². The van der Waals surface area contributed by atoms with Crippen LogP contribution in [0.2, 0.25) is 0 Å². The molecule has 2 unspecified atom stereocenters. The molecule has 7 nitrogen and oxygen atoms in total. The summed E-state index contributed by atoms with van der Waals surface area (Å²) in [6.07, 6.45) is 15.5. The molecule has 31 heavy (non-hydrogen) atoms. The number of aliphatic imine (C=N–C) groups is 1. The van der Waals surface area contributed by atoms with E-state index in [1.54, 1.807) is 24.4 Å². The van der Waals surface area contributed by atoms with Crippen molar-refractivity contribution >= 4 is 19.8 Å². The molecule has 0 radical (unpaired) electrons. The Labute approximate surface area is 195 Å². The van der Waals surface area contributed by atoms with Gasteiger partial charge in [-0.15, -0.1) is 18.4 Å². The Morgan fingerprint density at radius 2 is 2.10 bits per heavy atom. The first-order chi connectivity index (χ1) is 14.4. The fourth-order valence-corrected chi connectivity index (χ4v) is 3.86. The van der Waals surface area contributed by atoms with Crippen LogP contribution in [0.25, 0.3) is 0 Å². The molecular formula is C22H32FeNO6P. The monoisotopic (exact) mass is 493 g/mol. The van der Waals surface area contributed by atoms with E-state index in [-0.39, 0.29) is 35.4 Å². The van der Waals surface area contributed by atoms with Crippen molar-refractivity contribution in [2.24, 2.45) is 10.9 Å².